The normalized spacial score (nSPS) is 13.9. The molecular formula is C33H38F2N6O5S. The molecule has 0 spiro atoms. The number of pyridine rings is 1. The average molecular weight is 669 g/mol. The third-order valence-electron chi connectivity index (χ3n) is 7.56. The Morgan fingerprint density at radius 1 is 1.11 bits per heavy atom. The first kappa shape index (κ1) is 35.1. The van der Waals surface area contributed by atoms with E-state index < -0.39 is 39.2 Å². The van der Waals surface area contributed by atoms with Crippen LogP contribution < -0.4 is 20.5 Å². The van der Waals surface area contributed by atoms with Gasteiger partial charge in [-0.15, -0.1) is 5.92 Å². The lowest BCUT2D eigenvalue weighted by Crippen LogP contribution is -2.49. The minimum atomic E-state index is -3.38. The third-order valence-corrected chi connectivity index (χ3v) is 8.16. The second-order valence-electron chi connectivity index (χ2n) is 11.5. The van der Waals surface area contributed by atoms with Gasteiger partial charge in [0.05, 0.1) is 29.7 Å². The summed E-state index contributed by atoms with van der Waals surface area (Å²) in [6, 6.07) is 10.9. The lowest BCUT2D eigenvalue weighted by Gasteiger charge is -2.38. The summed E-state index contributed by atoms with van der Waals surface area (Å²) in [5.41, 5.74) is 6.67. The van der Waals surface area contributed by atoms with Gasteiger partial charge in [-0.2, -0.15) is 0 Å². The van der Waals surface area contributed by atoms with E-state index in [0.29, 0.717) is 55.9 Å². The zero-order valence-corrected chi connectivity index (χ0v) is 27.5. The summed E-state index contributed by atoms with van der Waals surface area (Å²) in [6.45, 7) is 7.85. The molecule has 0 unspecified atom stereocenters. The predicted octanol–water partition coefficient (Wildman–Crippen LogP) is 5.27. The number of hydrogen-bond donors (Lipinski definition) is 3. The first-order valence-corrected chi connectivity index (χ1v) is 16.9. The van der Waals surface area contributed by atoms with E-state index in [0.717, 1.165) is 23.6 Å². The highest BCUT2D eigenvalue weighted by atomic mass is 32.2. The van der Waals surface area contributed by atoms with Crippen molar-refractivity contribution in [3.8, 4) is 23.5 Å². The number of benzene rings is 2. The maximum Gasteiger partial charge on any atom is 0.322 e. The second kappa shape index (κ2) is 15.2. The van der Waals surface area contributed by atoms with E-state index in [1.54, 1.807) is 37.3 Å². The van der Waals surface area contributed by atoms with Crippen LogP contribution in [0.15, 0.2) is 48.5 Å². The summed E-state index contributed by atoms with van der Waals surface area (Å²) in [5, 5.41) is 2.45. The number of likely N-dealkylation sites (tertiary alicyclic amines) is 1. The maximum absolute atomic E-state index is 14.5. The number of nitrogens with one attached hydrogen (secondary N) is 2. The van der Waals surface area contributed by atoms with Crippen LogP contribution in [0.1, 0.15) is 61.1 Å². The quantitative estimate of drug-likeness (QED) is 0.236. The van der Waals surface area contributed by atoms with Crippen molar-refractivity contribution >= 4 is 33.3 Å². The van der Waals surface area contributed by atoms with Crippen molar-refractivity contribution in [1.82, 2.24) is 14.8 Å². The van der Waals surface area contributed by atoms with Crippen LogP contribution in [0, 0.1) is 23.5 Å². The van der Waals surface area contributed by atoms with Crippen molar-refractivity contribution in [3.05, 3.63) is 77.0 Å². The lowest BCUT2D eigenvalue weighted by atomic mass is 10.00. The van der Waals surface area contributed by atoms with Crippen molar-refractivity contribution in [1.29, 1.82) is 0 Å². The number of anilines is 2. The van der Waals surface area contributed by atoms with E-state index in [1.807, 2.05) is 6.07 Å². The molecular weight excluding hydrogens is 630 g/mol. The largest absolute Gasteiger partial charge is 0.439 e. The molecule has 0 saturated carbocycles. The van der Waals surface area contributed by atoms with Crippen LogP contribution in [-0.4, -0.2) is 67.1 Å². The summed E-state index contributed by atoms with van der Waals surface area (Å²) in [7, 11) is -3.38. The number of urea groups is 1. The van der Waals surface area contributed by atoms with Gasteiger partial charge in [0.25, 0.3) is 5.91 Å². The minimum Gasteiger partial charge on any atom is -0.439 e. The number of nitrogens with zero attached hydrogens (tertiary/aromatic N) is 3. The smallest absolute Gasteiger partial charge is 0.322 e. The van der Waals surface area contributed by atoms with Gasteiger partial charge in [-0.1, -0.05) is 25.8 Å². The Hall–Kier alpha value is -4.74. The molecule has 1 fully saturated rings. The molecule has 0 radical (unpaired) electrons. The van der Waals surface area contributed by atoms with Crippen LogP contribution in [0.25, 0.3) is 0 Å². The van der Waals surface area contributed by atoms with E-state index in [2.05, 4.69) is 40.6 Å². The molecule has 3 aromatic rings. The molecule has 14 heteroatoms. The number of halogens is 2. The van der Waals surface area contributed by atoms with Gasteiger partial charge in [0.1, 0.15) is 17.4 Å². The molecule has 0 atom stereocenters. The molecule has 0 bridgehead atoms. The molecule has 2 heterocycles. The number of hydrogen-bond acceptors (Lipinski definition) is 7. The standard InChI is InChI=1S/C33H38F2N6O5S/c1-5-6-15-41(33(43)37-29-18-26(32(36)42)27(34)19-28(29)35)24-13-16-40(17-14-24)20-22-7-12-30(38-31(22)21(2)3)46-25-10-8-23(9-11-25)39-47(4,44)45/h7-12,18-19,21,24,39H,13-17,20H2,1-4H3,(H2,36,42)(H,37,43). The fraction of sp³-hybridized carbons (Fsp3) is 0.364. The summed E-state index contributed by atoms with van der Waals surface area (Å²) in [4.78, 5) is 33.4. The number of rotatable bonds is 11. The van der Waals surface area contributed by atoms with Gasteiger partial charge in [-0.3, -0.25) is 14.4 Å². The first-order chi connectivity index (χ1) is 22.2. The molecule has 1 aromatic heterocycles. The Balaban J connectivity index is 1.41. The SMILES string of the molecule is CC#CCN(C(=O)Nc1cc(C(N)=O)c(F)cc1F)C1CCN(Cc2ccc(Oc3ccc(NS(C)(=O)=O)cc3)nc2C(C)C)CC1. The predicted molar refractivity (Wildman–Crippen MR) is 176 cm³/mol. The number of amides is 3. The highest BCUT2D eigenvalue weighted by molar-refractivity contribution is 7.92. The second-order valence-corrected chi connectivity index (χ2v) is 13.3. The number of carbonyl (C=O) groups excluding carboxylic acids is 2. The number of piperidine rings is 1. The van der Waals surface area contributed by atoms with Gasteiger partial charge >= 0.3 is 6.03 Å². The van der Waals surface area contributed by atoms with E-state index in [4.69, 9.17) is 15.5 Å². The summed E-state index contributed by atoms with van der Waals surface area (Å²) < 4.78 is 59.7. The summed E-state index contributed by atoms with van der Waals surface area (Å²) in [6.07, 6.45) is 2.35. The fourth-order valence-corrected chi connectivity index (χ4v) is 5.85. The molecule has 1 saturated heterocycles. The molecule has 1 aliphatic rings. The molecule has 3 amide bonds. The highest BCUT2D eigenvalue weighted by Gasteiger charge is 2.29. The number of sulfonamides is 1. The van der Waals surface area contributed by atoms with Crippen molar-refractivity contribution in [3.63, 3.8) is 0 Å². The Kier molecular flexibility index (Phi) is 11.4. The van der Waals surface area contributed by atoms with Crippen molar-refractivity contribution < 1.29 is 31.5 Å². The highest BCUT2D eigenvalue weighted by Crippen LogP contribution is 2.28. The molecule has 0 aliphatic carbocycles. The molecule has 4 N–H and O–H groups in total. The molecule has 250 valence electrons. The van der Waals surface area contributed by atoms with Gasteiger partial charge < -0.3 is 20.7 Å². The molecule has 2 aromatic carbocycles. The Labute approximate surface area is 273 Å². The van der Waals surface area contributed by atoms with E-state index in [9.17, 15) is 26.8 Å². The zero-order chi connectivity index (χ0) is 34.3. The fourth-order valence-electron chi connectivity index (χ4n) is 5.28. The number of ether oxygens (including phenoxy) is 1. The van der Waals surface area contributed by atoms with Crippen molar-refractivity contribution in [2.75, 3.05) is 35.9 Å². The van der Waals surface area contributed by atoms with E-state index >= 15 is 0 Å². The molecule has 11 nitrogen and oxygen atoms in total. The van der Waals surface area contributed by atoms with Gasteiger partial charge in [0, 0.05) is 43.5 Å². The number of primary amides is 1. The molecule has 47 heavy (non-hydrogen) atoms. The van der Waals surface area contributed by atoms with Crippen molar-refractivity contribution in [2.45, 2.75) is 52.1 Å². The molecule has 4 rings (SSSR count). The number of carbonyl (C=O) groups is 2. The van der Waals surface area contributed by atoms with Crippen LogP contribution in [0.2, 0.25) is 0 Å². The van der Waals surface area contributed by atoms with Gasteiger partial charge in [0.2, 0.25) is 15.9 Å². The summed E-state index contributed by atoms with van der Waals surface area (Å²) >= 11 is 0. The third kappa shape index (κ3) is 9.63. The van der Waals surface area contributed by atoms with Gasteiger partial charge in [-0.25, -0.2) is 27.0 Å². The van der Waals surface area contributed by atoms with Crippen LogP contribution in [-0.2, 0) is 16.6 Å². The zero-order valence-electron chi connectivity index (χ0n) is 26.6. The number of aromatic nitrogens is 1. The Bertz CT molecular complexity index is 1780. The van der Waals surface area contributed by atoms with Gasteiger partial charge in [-0.05, 0) is 61.6 Å². The summed E-state index contributed by atoms with van der Waals surface area (Å²) in [5.74, 6) is 3.51. The van der Waals surface area contributed by atoms with Crippen molar-refractivity contribution in [2.24, 2.45) is 5.73 Å². The Morgan fingerprint density at radius 2 is 1.79 bits per heavy atom. The van der Waals surface area contributed by atoms with Gasteiger partial charge in [0.15, 0.2) is 0 Å². The average Bonchev–Trinajstić information content (AvgIpc) is 3.00. The minimum absolute atomic E-state index is 0.109. The first-order valence-electron chi connectivity index (χ1n) is 15.0. The topological polar surface area (TPSA) is 147 Å². The lowest BCUT2D eigenvalue weighted by molar-refractivity contribution is 0.0996. The Morgan fingerprint density at radius 3 is 2.38 bits per heavy atom. The van der Waals surface area contributed by atoms with Crippen LogP contribution in [0.3, 0.4) is 0 Å². The monoisotopic (exact) mass is 668 g/mol. The van der Waals surface area contributed by atoms with E-state index in [-0.39, 0.29) is 24.2 Å². The molecule has 1 aliphatic heterocycles. The van der Waals surface area contributed by atoms with Crippen LogP contribution >= 0.6 is 0 Å². The maximum atomic E-state index is 14.5. The van der Waals surface area contributed by atoms with Crippen LogP contribution in [0.5, 0.6) is 11.6 Å². The van der Waals surface area contributed by atoms with Crippen LogP contribution in [0.4, 0.5) is 25.0 Å². The van der Waals surface area contributed by atoms with E-state index in [1.165, 1.54) is 4.90 Å². The number of nitrogens with two attached hydrogens (primary N) is 1.